The molecule has 7 heteroatoms. The number of amidine groups is 1. The smallest absolute Gasteiger partial charge is 0.265 e. The largest absolute Gasteiger partial charge is 0.384 e. The second-order valence-corrected chi connectivity index (χ2v) is 4.63. The molecule has 0 aliphatic rings. The molecule has 0 heterocycles. The van der Waals surface area contributed by atoms with Gasteiger partial charge in [-0.15, -0.1) is 0 Å². The van der Waals surface area contributed by atoms with Crippen LogP contribution < -0.4 is 11.1 Å². The second-order valence-electron chi connectivity index (χ2n) is 4.63. The predicted molar refractivity (Wildman–Crippen MR) is 72.0 cm³/mol. The lowest BCUT2D eigenvalue weighted by Crippen LogP contribution is -2.20. The fourth-order valence-electron chi connectivity index (χ4n) is 1.41. The van der Waals surface area contributed by atoms with Crippen molar-refractivity contribution in [2.45, 2.75) is 20.3 Å². The minimum atomic E-state index is -0.860. The molecule has 5 nitrogen and oxygen atoms in total. The molecule has 0 aromatic heterocycles. The molecule has 1 aromatic carbocycles. The molecular weight excluding hydrogens is 268 g/mol. The first kappa shape index (κ1) is 15.9. The average Bonchev–Trinajstić information content (AvgIpc) is 2.31. The number of anilines is 1. The van der Waals surface area contributed by atoms with Gasteiger partial charge in [0.25, 0.3) is 5.91 Å². The SMILES string of the molecule is CC(C)C/C(N)=N/OCC(=O)Nc1ccc(F)cc1F. The van der Waals surface area contributed by atoms with Gasteiger partial charge in [-0.05, 0) is 18.1 Å². The van der Waals surface area contributed by atoms with Crippen LogP contribution in [0.1, 0.15) is 20.3 Å². The van der Waals surface area contributed by atoms with Gasteiger partial charge in [-0.25, -0.2) is 8.78 Å². The Hall–Kier alpha value is -2.18. The molecule has 0 bridgehead atoms. The van der Waals surface area contributed by atoms with Crippen molar-refractivity contribution < 1.29 is 18.4 Å². The summed E-state index contributed by atoms with van der Waals surface area (Å²) in [7, 11) is 0. The molecule has 1 rings (SSSR count). The van der Waals surface area contributed by atoms with Gasteiger partial charge in [-0.1, -0.05) is 19.0 Å². The average molecular weight is 285 g/mol. The summed E-state index contributed by atoms with van der Waals surface area (Å²) in [6, 6.07) is 2.84. The number of halogens is 2. The number of benzene rings is 1. The molecule has 0 saturated carbocycles. The van der Waals surface area contributed by atoms with Crippen LogP contribution in [0.4, 0.5) is 14.5 Å². The van der Waals surface area contributed by atoms with E-state index in [-0.39, 0.29) is 11.5 Å². The van der Waals surface area contributed by atoms with Crippen LogP contribution >= 0.6 is 0 Å². The predicted octanol–water partition coefficient (Wildman–Crippen LogP) is 2.24. The van der Waals surface area contributed by atoms with Gasteiger partial charge < -0.3 is 15.9 Å². The van der Waals surface area contributed by atoms with Gasteiger partial charge in [-0.3, -0.25) is 4.79 Å². The van der Waals surface area contributed by atoms with E-state index >= 15 is 0 Å². The second kappa shape index (κ2) is 7.42. The maximum atomic E-state index is 13.3. The Balaban J connectivity index is 2.44. The van der Waals surface area contributed by atoms with Crippen LogP contribution in [0.5, 0.6) is 0 Å². The summed E-state index contributed by atoms with van der Waals surface area (Å²) in [5.41, 5.74) is 5.42. The van der Waals surface area contributed by atoms with Crippen LogP contribution in [-0.2, 0) is 9.63 Å². The number of nitrogens with one attached hydrogen (secondary N) is 1. The van der Waals surface area contributed by atoms with E-state index in [4.69, 9.17) is 10.6 Å². The summed E-state index contributed by atoms with van der Waals surface area (Å²) in [4.78, 5) is 16.2. The highest BCUT2D eigenvalue weighted by Gasteiger charge is 2.08. The van der Waals surface area contributed by atoms with Gasteiger partial charge in [-0.2, -0.15) is 0 Å². The topological polar surface area (TPSA) is 76.7 Å². The zero-order valence-corrected chi connectivity index (χ0v) is 11.3. The molecule has 0 fully saturated rings. The number of rotatable bonds is 6. The van der Waals surface area contributed by atoms with Crippen molar-refractivity contribution in [3.63, 3.8) is 0 Å². The van der Waals surface area contributed by atoms with Crippen molar-refractivity contribution in [1.82, 2.24) is 0 Å². The molecule has 0 aliphatic heterocycles. The number of hydrogen-bond donors (Lipinski definition) is 2. The molecule has 1 aromatic rings. The summed E-state index contributed by atoms with van der Waals surface area (Å²) >= 11 is 0. The van der Waals surface area contributed by atoms with Gasteiger partial charge in [0.05, 0.1) is 5.69 Å². The summed E-state index contributed by atoms with van der Waals surface area (Å²) < 4.78 is 25.9. The molecule has 0 unspecified atom stereocenters. The maximum absolute atomic E-state index is 13.3. The summed E-state index contributed by atoms with van der Waals surface area (Å²) in [5.74, 6) is -1.59. The molecule has 0 radical (unpaired) electrons. The van der Waals surface area contributed by atoms with Crippen LogP contribution in [0.25, 0.3) is 0 Å². The van der Waals surface area contributed by atoms with Crippen LogP contribution in [-0.4, -0.2) is 18.3 Å². The lowest BCUT2D eigenvalue weighted by Gasteiger charge is -2.06. The molecule has 0 aliphatic carbocycles. The summed E-state index contributed by atoms with van der Waals surface area (Å²) in [6.45, 7) is 3.52. The Kier molecular flexibility index (Phi) is 5.89. The number of nitrogens with two attached hydrogens (primary N) is 1. The Morgan fingerprint density at radius 1 is 1.45 bits per heavy atom. The number of oxime groups is 1. The van der Waals surface area contributed by atoms with Crippen molar-refractivity contribution in [1.29, 1.82) is 0 Å². The van der Waals surface area contributed by atoms with Crippen LogP contribution in [0, 0.1) is 17.6 Å². The highest BCUT2D eigenvalue weighted by Crippen LogP contribution is 2.14. The molecular formula is C13H17F2N3O2. The standard InChI is InChI=1S/C13H17F2N3O2/c1-8(2)5-12(16)18-20-7-13(19)17-11-4-3-9(14)6-10(11)15/h3-4,6,8H,5,7H2,1-2H3,(H2,16,18)(H,17,19). The number of amides is 1. The van der Waals surface area contributed by atoms with E-state index in [2.05, 4.69) is 10.5 Å². The lowest BCUT2D eigenvalue weighted by atomic mass is 10.1. The first-order valence-corrected chi connectivity index (χ1v) is 6.07. The highest BCUT2D eigenvalue weighted by atomic mass is 19.1. The molecule has 20 heavy (non-hydrogen) atoms. The van der Waals surface area contributed by atoms with Gasteiger partial charge in [0.15, 0.2) is 6.61 Å². The Morgan fingerprint density at radius 3 is 2.75 bits per heavy atom. The summed E-state index contributed by atoms with van der Waals surface area (Å²) in [5, 5.41) is 5.80. The van der Waals surface area contributed by atoms with Crippen molar-refractivity contribution in [2.75, 3.05) is 11.9 Å². The third-order valence-electron chi connectivity index (χ3n) is 2.20. The zero-order chi connectivity index (χ0) is 15.1. The third-order valence-corrected chi connectivity index (χ3v) is 2.20. The molecule has 0 saturated heterocycles. The normalized spacial score (nSPS) is 11.6. The fraction of sp³-hybridized carbons (Fsp3) is 0.385. The minimum Gasteiger partial charge on any atom is -0.384 e. The number of carbonyl (C=O) groups excluding carboxylic acids is 1. The number of nitrogens with zero attached hydrogens (tertiary/aromatic N) is 1. The number of carbonyl (C=O) groups is 1. The molecule has 110 valence electrons. The summed E-state index contributed by atoms with van der Waals surface area (Å²) in [6.07, 6.45) is 0.550. The number of hydrogen-bond acceptors (Lipinski definition) is 3. The zero-order valence-electron chi connectivity index (χ0n) is 11.3. The Bertz CT molecular complexity index is 504. The molecule has 0 spiro atoms. The van der Waals surface area contributed by atoms with Gasteiger partial charge in [0, 0.05) is 12.5 Å². The Morgan fingerprint density at radius 2 is 2.15 bits per heavy atom. The van der Waals surface area contributed by atoms with E-state index in [0.29, 0.717) is 18.4 Å². The van der Waals surface area contributed by atoms with E-state index in [1.54, 1.807) is 0 Å². The first-order chi connectivity index (χ1) is 9.38. The molecule has 0 atom stereocenters. The van der Waals surface area contributed by atoms with Crippen LogP contribution in [0.15, 0.2) is 23.4 Å². The van der Waals surface area contributed by atoms with Crippen molar-refractivity contribution in [2.24, 2.45) is 16.8 Å². The lowest BCUT2D eigenvalue weighted by molar-refractivity contribution is -0.120. The Labute approximate surface area is 115 Å². The van der Waals surface area contributed by atoms with E-state index in [9.17, 15) is 13.6 Å². The minimum absolute atomic E-state index is 0.126. The third kappa shape index (κ3) is 5.64. The van der Waals surface area contributed by atoms with Crippen molar-refractivity contribution >= 4 is 17.4 Å². The molecule has 1 amide bonds. The van der Waals surface area contributed by atoms with Crippen LogP contribution in [0.3, 0.4) is 0 Å². The maximum Gasteiger partial charge on any atom is 0.265 e. The quantitative estimate of drug-likeness (QED) is 0.478. The monoisotopic (exact) mass is 285 g/mol. The highest BCUT2D eigenvalue weighted by molar-refractivity contribution is 5.91. The first-order valence-electron chi connectivity index (χ1n) is 6.07. The van der Waals surface area contributed by atoms with Gasteiger partial charge in [0.1, 0.15) is 17.5 Å². The van der Waals surface area contributed by atoms with E-state index in [1.165, 1.54) is 0 Å². The van der Waals surface area contributed by atoms with Gasteiger partial charge >= 0.3 is 0 Å². The molecule has 3 N–H and O–H groups in total. The van der Waals surface area contributed by atoms with Crippen LogP contribution in [0.2, 0.25) is 0 Å². The van der Waals surface area contributed by atoms with Gasteiger partial charge in [0.2, 0.25) is 0 Å². The van der Waals surface area contributed by atoms with Crippen molar-refractivity contribution in [3.05, 3.63) is 29.8 Å². The fourth-order valence-corrected chi connectivity index (χ4v) is 1.41. The van der Waals surface area contributed by atoms with E-state index in [0.717, 1.165) is 12.1 Å². The van der Waals surface area contributed by atoms with E-state index in [1.807, 2.05) is 13.8 Å². The van der Waals surface area contributed by atoms with Crippen molar-refractivity contribution in [3.8, 4) is 0 Å². The van der Waals surface area contributed by atoms with E-state index < -0.39 is 24.1 Å².